The summed E-state index contributed by atoms with van der Waals surface area (Å²) in [5, 5.41) is 7.89. The SMILES string of the molecule is Cc1nn(C)c(Oc2ccc(F)cc2Br)c1CNC1CC1. The first-order valence-corrected chi connectivity index (χ1v) is 7.72. The Morgan fingerprint density at radius 3 is 2.90 bits per heavy atom. The minimum absolute atomic E-state index is 0.300. The van der Waals surface area contributed by atoms with Gasteiger partial charge in [0.1, 0.15) is 11.6 Å². The molecule has 1 N–H and O–H groups in total. The van der Waals surface area contributed by atoms with Gasteiger partial charge in [0.2, 0.25) is 5.88 Å². The van der Waals surface area contributed by atoms with Gasteiger partial charge in [0.25, 0.3) is 0 Å². The van der Waals surface area contributed by atoms with Crippen LogP contribution in [0.1, 0.15) is 24.1 Å². The Hall–Kier alpha value is -1.40. The number of hydrogen-bond donors (Lipinski definition) is 1. The summed E-state index contributed by atoms with van der Waals surface area (Å²) in [4.78, 5) is 0. The van der Waals surface area contributed by atoms with Crippen molar-refractivity contribution in [2.75, 3.05) is 0 Å². The van der Waals surface area contributed by atoms with Gasteiger partial charge in [-0.3, -0.25) is 0 Å². The first-order valence-electron chi connectivity index (χ1n) is 6.93. The van der Waals surface area contributed by atoms with Crippen molar-refractivity contribution < 1.29 is 9.13 Å². The predicted octanol–water partition coefficient (Wildman–Crippen LogP) is 3.67. The van der Waals surface area contributed by atoms with Gasteiger partial charge in [-0.25, -0.2) is 9.07 Å². The largest absolute Gasteiger partial charge is 0.438 e. The maximum Gasteiger partial charge on any atom is 0.222 e. The van der Waals surface area contributed by atoms with Crippen LogP contribution in [0.25, 0.3) is 0 Å². The molecule has 4 nitrogen and oxygen atoms in total. The molecule has 1 aromatic carbocycles. The van der Waals surface area contributed by atoms with Gasteiger partial charge in [-0.1, -0.05) is 0 Å². The van der Waals surface area contributed by atoms with Crippen molar-refractivity contribution in [1.29, 1.82) is 0 Å². The summed E-state index contributed by atoms with van der Waals surface area (Å²) in [5.41, 5.74) is 1.99. The number of nitrogens with zero attached hydrogens (tertiary/aromatic N) is 2. The van der Waals surface area contributed by atoms with Crippen molar-refractivity contribution >= 4 is 15.9 Å². The lowest BCUT2D eigenvalue weighted by Crippen LogP contribution is -2.16. The molecule has 112 valence electrons. The van der Waals surface area contributed by atoms with Crippen LogP contribution in [0.2, 0.25) is 0 Å². The van der Waals surface area contributed by atoms with Gasteiger partial charge in [-0.05, 0) is 53.9 Å². The molecule has 0 bridgehead atoms. The standard InChI is InChI=1S/C15H17BrFN3O/c1-9-12(8-18-11-4-5-11)15(20(2)19-9)21-14-6-3-10(17)7-13(14)16/h3,6-7,11,18H,4-5,8H2,1-2H3. The fraction of sp³-hybridized carbons (Fsp3) is 0.400. The highest BCUT2D eigenvalue weighted by atomic mass is 79.9. The third-order valence-corrected chi connectivity index (χ3v) is 4.15. The highest BCUT2D eigenvalue weighted by Crippen LogP contribution is 2.33. The van der Waals surface area contributed by atoms with Gasteiger partial charge < -0.3 is 10.1 Å². The molecule has 0 aliphatic heterocycles. The number of aryl methyl sites for hydroxylation is 2. The minimum atomic E-state index is -0.300. The molecule has 0 saturated heterocycles. The molecule has 6 heteroatoms. The summed E-state index contributed by atoms with van der Waals surface area (Å²) in [6, 6.07) is 5.00. The van der Waals surface area contributed by atoms with Gasteiger partial charge in [-0.15, -0.1) is 0 Å². The molecule has 1 fully saturated rings. The van der Waals surface area contributed by atoms with Crippen LogP contribution >= 0.6 is 15.9 Å². The zero-order valence-corrected chi connectivity index (χ0v) is 13.6. The number of rotatable bonds is 5. The number of hydrogen-bond acceptors (Lipinski definition) is 3. The molecular weight excluding hydrogens is 337 g/mol. The van der Waals surface area contributed by atoms with Crippen LogP contribution in [-0.4, -0.2) is 15.8 Å². The second-order valence-corrected chi connectivity index (χ2v) is 6.18. The highest BCUT2D eigenvalue weighted by Gasteiger charge is 2.23. The first kappa shape index (κ1) is 14.5. The number of ether oxygens (including phenoxy) is 1. The van der Waals surface area contributed by atoms with E-state index in [-0.39, 0.29) is 5.82 Å². The smallest absolute Gasteiger partial charge is 0.222 e. The van der Waals surface area contributed by atoms with E-state index in [2.05, 4.69) is 26.3 Å². The van der Waals surface area contributed by atoms with Gasteiger partial charge in [-0.2, -0.15) is 5.10 Å². The average molecular weight is 354 g/mol. The van der Waals surface area contributed by atoms with E-state index in [1.165, 1.54) is 25.0 Å². The summed E-state index contributed by atoms with van der Waals surface area (Å²) in [6.07, 6.45) is 2.47. The summed E-state index contributed by atoms with van der Waals surface area (Å²) < 4.78 is 21.4. The molecule has 1 heterocycles. The van der Waals surface area contributed by atoms with Crippen LogP contribution in [-0.2, 0) is 13.6 Å². The molecule has 2 aromatic rings. The molecule has 0 spiro atoms. The lowest BCUT2D eigenvalue weighted by molar-refractivity contribution is 0.420. The lowest BCUT2D eigenvalue weighted by atomic mass is 10.2. The van der Waals surface area contributed by atoms with E-state index < -0.39 is 0 Å². The highest BCUT2D eigenvalue weighted by molar-refractivity contribution is 9.10. The normalized spacial score (nSPS) is 14.5. The number of benzene rings is 1. The van der Waals surface area contributed by atoms with Gasteiger partial charge in [0.05, 0.1) is 15.7 Å². The molecular formula is C15H17BrFN3O. The van der Waals surface area contributed by atoms with E-state index in [0.717, 1.165) is 17.8 Å². The Kier molecular flexibility index (Phi) is 3.99. The number of halogens is 2. The summed E-state index contributed by atoms with van der Waals surface area (Å²) >= 11 is 3.32. The zero-order valence-electron chi connectivity index (χ0n) is 12.0. The molecule has 0 radical (unpaired) electrons. The second kappa shape index (κ2) is 5.77. The molecule has 1 aromatic heterocycles. The average Bonchev–Trinajstić information content (AvgIpc) is 3.19. The second-order valence-electron chi connectivity index (χ2n) is 5.32. The topological polar surface area (TPSA) is 39.1 Å². The quantitative estimate of drug-likeness (QED) is 0.891. The van der Waals surface area contributed by atoms with Crippen molar-refractivity contribution in [3.63, 3.8) is 0 Å². The van der Waals surface area contributed by atoms with Crippen LogP contribution in [0.5, 0.6) is 11.6 Å². The minimum Gasteiger partial charge on any atom is -0.438 e. The molecule has 21 heavy (non-hydrogen) atoms. The molecule has 1 saturated carbocycles. The Labute approximate surface area is 131 Å². The monoisotopic (exact) mass is 353 g/mol. The van der Waals surface area contributed by atoms with Crippen molar-refractivity contribution in [1.82, 2.24) is 15.1 Å². The molecule has 1 aliphatic rings. The van der Waals surface area contributed by atoms with Crippen molar-refractivity contribution in [2.24, 2.45) is 7.05 Å². The fourth-order valence-electron chi connectivity index (χ4n) is 2.21. The zero-order chi connectivity index (χ0) is 15.0. The van der Waals surface area contributed by atoms with Crippen LogP contribution in [0.3, 0.4) is 0 Å². The molecule has 0 unspecified atom stereocenters. The van der Waals surface area contributed by atoms with Gasteiger partial charge in [0, 0.05) is 19.6 Å². The first-order chi connectivity index (χ1) is 10.0. The van der Waals surface area contributed by atoms with Crippen LogP contribution in [0.15, 0.2) is 22.7 Å². The molecule has 3 rings (SSSR count). The Bertz CT molecular complexity index is 667. The van der Waals surface area contributed by atoms with Crippen LogP contribution in [0.4, 0.5) is 4.39 Å². The van der Waals surface area contributed by atoms with E-state index in [0.29, 0.717) is 22.1 Å². The Balaban J connectivity index is 1.86. The summed E-state index contributed by atoms with van der Waals surface area (Å²) in [6.45, 7) is 2.70. The van der Waals surface area contributed by atoms with Crippen LogP contribution < -0.4 is 10.1 Å². The van der Waals surface area contributed by atoms with E-state index >= 15 is 0 Å². The number of nitrogens with one attached hydrogen (secondary N) is 1. The third kappa shape index (κ3) is 3.27. The fourth-order valence-corrected chi connectivity index (χ4v) is 2.64. The van der Waals surface area contributed by atoms with E-state index in [1.807, 2.05) is 14.0 Å². The van der Waals surface area contributed by atoms with E-state index in [9.17, 15) is 4.39 Å². The Morgan fingerprint density at radius 1 is 1.48 bits per heavy atom. The predicted molar refractivity (Wildman–Crippen MR) is 82.0 cm³/mol. The molecule has 0 atom stereocenters. The van der Waals surface area contributed by atoms with Crippen molar-refractivity contribution in [2.45, 2.75) is 32.4 Å². The summed E-state index contributed by atoms with van der Waals surface area (Å²) in [5.74, 6) is 0.964. The lowest BCUT2D eigenvalue weighted by Gasteiger charge is -2.11. The van der Waals surface area contributed by atoms with Crippen molar-refractivity contribution in [3.05, 3.63) is 39.7 Å². The Morgan fingerprint density at radius 2 is 2.24 bits per heavy atom. The van der Waals surface area contributed by atoms with Gasteiger partial charge in [0.15, 0.2) is 0 Å². The molecule has 1 aliphatic carbocycles. The third-order valence-electron chi connectivity index (χ3n) is 3.53. The van der Waals surface area contributed by atoms with Gasteiger partial charge >= 0.3 is 0 Å². The number of aromatic nitrogens is 2. The van der Waals surface area contributed by atoms with Crippen molar-refractivity contribution in [3.8, 4) is 11.6 Å². The maximum atomic E-state index is 13.2. The van der Waals surface area contributed by atoms with Crippen LogP contribution in [0, 0.1) is 12.7 Å². The van der Waals surface area contributed by atoms with E-state index in [1.54, 1.807) is 10.7 Å². The van der Waals surface area contributed by atoms with E-state index in [4.69, 9.17) is 4.74 Å². The summed E-state index contributed by atoms with van der Waals surface area (Å²) in [7, 11) is 1.85. The molecule has 0 amide bonds. The maximum absolute atomic E-state index is 13.2.